The van der Waals surface area contributed by atoms with Gasteiger partial charge >= 0.3 is 0 Å². The predicted octanol–water partition coefficient (Wildman–Crippen LogP) is 6.06. The number of nitrogens with zero attached hydrogens (tertiary/aromatic N) is 2. The molecule has 1 aliphatic rings. The van der Waals surface area contributed by atoms with Gasteiger partial charge in [-0.1, -0.05) is 72.4 Å². The molecule has 4 rings (SSSR count). The van der Waals surface area contributed by atoms with Crippen molar-refractivity contribution in [3.8, 4) is 5.75 Å². The van der Waals surface area contributed by atoms with Gasteiger partial charge in [0.25, 0.3) is 10.0 Å². The highest BCUT2D eigenvalue weighted by Crippen LogP contribution is 2.33. The Kier molecular flexibility index (Phi) is 10.8. The number of para-hydroxylation sites is 2. The molecule has 3 aromatic carbocycles. The number of sulfonamides is 1. The van der Waals surface area contributed by atoms with Crippen molar-refractivity contribution in [2.75, 3.05) is 17.5 Å². The minimum Gasteiger partial charge on any atom is -0.492 e. The van der Waals surface area contributed by atoms with E-state index < -0.39 is 28.5 Å². The fourth-order valence-electron chi connectivity index (χ4n) is 4.98. The fraction of sp³-hybridized carbons (Fsp3) is 0.355. The predicted molar refractivity (Wildman–Crippen MR) is 165 cm³/mol. The maximum absolute atomic E-state index is 14.2. The highest BCUT2D eigenvalue weighted by atomic mass is 35.5. The minimum absolute atomic E-state index is 0.0152. The Morgan fingerprint density at radius 1 is 0.976 bits per heavy atom. The summed E-state index contributed by atoms with van der Waals surface area (Å²) in [6, 6.07) is 18.7. The van der Waals surface area contributed by atoms with Crippen LogP contribution in [-0.4, -0.2) is 50.4 Å². The van der Waals surface area contributed by atoms with Crippen LogP contribution in [0.5, 0.6) is 5.75 Å². The lowest BCUT2D eigenvalue weighted by Crippen LogP contribution is -2.52. The maximum atomic E-state index is 14.2. The number of carbonyl (C=O) groups excluding carboxylic acids is 2. The number of benzene rings is 3. The van der Waals surface area contributed by atoms with Crippen molar-refractivity contribution >= 4 is 50.7 Å². The Morgan fingerprint density at radius 2 is 1.64 bits per heavy atom. The third-order valence-corrected chi connectivity index (χ3v) is 9.76. The fourth-order valence-corrected chi connectivity index (χ4v) is 6.75. The van der Waals surface area contributed by atoms with Gasteiger partial charge in [-0.15, -0.1) is 0 Å². The summed E-state index contributed by atoms with van der Waals surface area (Å²) in [7, 11) is -4.21. The summed E-state index contributed by atoms with van der Waals surface area (Å²) in [6.45, 7) is 3.18. The number of ether oxygens (including phenoxy) is 1. The van der Waals surface area contributed by atoms with Crippen LogP contribution in [0.1, 0.15) is 45.1 Å². The molecule has 0 radical (unpaired) electrons. The van der Waals surface area contributed by atoms with E-state index in [0.29, 0.717) is 28.0 Å². The van der Waals surface area contributed by atoms with E-state index in [4.69, 9.17) is 27.9 Å². The van der Waals surface area contributed by atoms with Crippen molar-refractivity contribution in [2.24, 2.45) is 0 Å². The third-order valence-electron chi connectivity index (χ3n) is 7.25. The average Bonchev–Trinajstić information content (AvgIpc) is 3.50. The van der Waals surface area contributed by atoms with Crippen LogP contribution in [0.4, 0.5) is 5.69 Å². The molecule has 0 spiro atoms. The van der Waals surface area contributed by atoms with Crippen LogP contribution >= 0.6 is 23.2 Å². The van der Waals surface area contributed by atoms with Crippen LogP contribution in [0, 0.1) is 0 Å². The van der Waals surface area contributed by atoms with Crippen LogP contribution in [0.3, 0.4) is 0 Å². The molecule has 42 heavy (non-hydrogen) atoms. The summed E-state index contributed by atoms with van der Waals surface area (Å²) in [5.74, 6) is -0.557. The molecule has 1 fully saturated rings. The first kappa shape index (κ1) is 31.7. The van der Waals surface area contributed by atoms with Crippen LogP contribution in [0.25, 0.3) is 0 Å². The van der Waals surface area contributed by atoms with Gasteiger partial charge in [0.05, 0.1) is 27.2 Å². The zero-order valence-corrected chi connectivity index (χ0v) is 26.0. The number of anilines is 1. The van der Waals surface area contributed by atoms with Gasteiger partial charge in [0.1, 0.15) is 18.3 Å². The molecule has 224 valence electrons. The second-order valence-corrected chi connectivity index (χ2v) is 12.8. The monoisotopic (exact) mass is 631 g/mol. The van der Waals surface area contributed by atoms with Crippen molar-refractivity contribution in [2.45, 2.75) is 63.1 Å². The number of carbonyl (C=O) groups is 2. The molecule has 1 atom stereocenters. The standard InChI is InChI=1S/C31H35Cl2N3O5S/c1-3-41-29-16-10-9-15-28(29)36(42(39,40)25-13-5-4-6-14-25)21-30(37)35(20-23-17-18-26(32)27(33)19-23)22(2)31(38)34-24-11-7-8-12-24/h4-6,9-10,13-19,22,24H,3,7-8,11-12,20-21H2,1-2H3,(H,34,38)/t22-/m0/s1. The summed E-state index contributed by atoms with van der Waals surface area (Å²) in [5, 5.41) is 3.72. The normalized spacial score (nSPS) is 14.3. The molecule has 1 saturated carbocycles. The lowest BCUT2D eigenvalue weighted by atomic mass is 10.1. The van der Waals surface area contributed by atoms with E-state index in [-0.39, 0.29) is 29.1 Å². The molecule has 0 aliphatic heterocycles. The molecular formula is C31H35Cl2N3O5S. The van der Waals surface area contributed by atoms with Crippen LogP contribution in [0.2, 0.25) is 10.0 Å². The number of amides is 2. The minimum atomic E-state index is -4.21. The Bertz CT molecular complexity index is 1500. The topological polar surface area (TPSA) is 96.0 Å². The molecule has 11 heteroatoms. The van der Waals surface area contributed by atoms with E-state index in [1.165, 1.54) is 17.0 Å². The molecule has 0 aromatic heterocycles. The quantitative estimate of drug-likeness (QED) is 0.262. The SMILES string of the molecule is CCOc1ccccc1N(CC(=O)N(Cc1ccc(Cl)c(Cl)c1)[C@@H](C)C(=O)NC1CCCC1)S(=O)(=O)c1ccccc1. The van der Waals surface area contributed by atoms with Crippen molar-refractivity contribution in [1.29, 1.82) is 0 Å². The third kappa shape index (κ3) is 7.56. The largest absolute Gasteiger partial charge is 0.492 e. The Hall–Kier alpha value is -3.27. The van der Waals surface area contributed by atoms with E-state index in [0.717, 1.165) is 30.0 Å². The second kappa shape index (κ2) is 14.3. The average molecular weight is 633 g/mol. The molecular weight excluding hydrogens is 597 g/mol. The summed E-state index contributed by atoms with van der Waals surface area (Å²) in [6.07, 6.45) is 3.85. The van der Waals surface area contributed by atoms with Gasteiger partial charge in [-0.05, 0) is 68.7 Å². The van der Waals surface area contributed by atoms with Gasteiger partial charge in [-0.3, -0.25) is 13.9 Å². The van der Waals surface area contributed by atoms with Gasteiger partial charge in [-0.2, -0.15) is 0 Å². The molecule has 1 aliphatic carbocycles. The molecule has 0 heterocycles. The van der Waals surface area contributed by atoms with E-state index in [1.807, 2.05) is 0 Å². The lowest BCUT2D eigenvalue weighted by Gasteiger charge is -2.33. The lowest BCUT2D eigenvalue weighted by molar-refractivity contribution is -0.139. The molecule has 3 aromatic rings. The second-order valence-electron chi connectivity index (χ2n) is 10.2. The molecule has 0 bridgehead atoms. The summed E-state index contributed by atoms with van der Waals surface area (Å²) >= 11 is 12.4. The van der Waals surface area contributed by atoms with Crippen molar-refractivity contribution in [1.82, 2.24) is 10.2 Å². The number of halogens is 2. The molecule has 8 nitrogen and oxygen atoms in total. The summed E-state index contributed by atoms with van der Waals surface area (Å²) in [4.78, 5) is 28.9. The number of hydrogen-bond acceptors (Lipinski definition) is 5. The van der Waals surface area contributed by atoms with E-state index in [1.54, 1.807) is 74.5 Å². The van der Waals surface area contributed by atoms with Crippen molar-refractivity contribution in [3.63, 3.8) is 0 Å². The Labute approximate surface area is 257 Å². The molecule has 2 amide bonds. The van der Waals surface area contributed by atoms with E-state index >= 15 is 0 Å². The summed E-state index contributed by atoms with van der Waals surface area (Å²) in [5.41, 5.74) is 0.861. The number of nitrogens with one attached hydrogen (secondary N) is 1. The van der Waals surface area contributed by atoms with Gasteiger partial charge in [0.15, 0.2) is 0 Å². The van der Waals surface area contributed by atoms with Gasteiger partial charge in [-0.25, -0.2) is 8.42 Å². The van der Waals surface area contributed by atoms with E-state index in [9.17, 15) is 18.0 Å². The first-order valence-corrected chi connectivity index (χ1v) is 16.1. The number of hydrogen-bond donors (Lipinski definition) is 1. The molecule has 1 N–H and O–H groups in total. The Morgan fingerprint density at radius 3 is 2.31 bits per heavy atom. The van der Waals surface area contributed by atoms with Crippen molar-refractivity contribution < 1.29 is 22.7 Å². The van der Waals surface area contributed by atoms with Crippen molar-refractivity contribution in [3.05, 3.63) is 88.4 Å². The maximum Gasteiger partial charge on any atom is 0.264 e. The molecule has 0 unspecified atom stereocenters. The van der Waals surface area contributed by atoms with Crippen LogP contribution in [-0.2, 0) is 26.2 Å². The van der Waals surface area contributed by atoms with Crippen LogP contribution < -0.4 is 14.4 Å². The first-order valence-electron chi connectivity index (χ1n) is 13.9. The van der Waals surface area contributed by atoms with E-state index in [2.05, 4.69) is 5.32 Å². The van der Waals surface area contributed by atoms with Gasteiger partial charge < -0.3 is 15.0 Å². The highest BCUT2D eigenvalue weighted by molar-refractivity contribution is 7.92. The smallest absolute Gasteiger partial charge is 0.264 e. The van der Waals surface area contributed by atoms with Gasteiger partial charge in [0, 0.05) is 12.6 Å². The zero-order chi connectivity index (χ0) is 30.3. The highest BCUT2D eigenvalue weighted by Gasteiger charge is 2.34. The first-order chi connectivity index (χ1) is 20.1. The Balaban J connectivity index is 1.72. The van der Waals surface area contributed by atoms with Gasteiger partial charge in [0.2, 0.25) is 11.8 Å². The summed E-state index contributed by atoms with van der Waals surface area (Å²) < 4.78 is 34.8. The number of rotatable bonds is 12. The van der Waals surface area contributed by atoms with Crippen LogP contribution in [0.15, 0.2) is 77.7 Å². The molecule has 0 saturated heterocycles. The zero-order valence-electron chi connectivity index (χ0n) is 23.6.